The molecule has 3 nitrogen and oxygen atoms in total. The van der Waals surface area contributed by atoms with Crippen molar-refractivity contribution in [3.8, 4) is 0 Å². The van der Waals surface area contributed by atoms with Crippen LogP contribution in [0.1, 0.15) is 34.3 Å². The third-order valence-corrected chi connectivity index (χ3v) is 6.93. The van der Waals surface area contributed by atoms with Gasteiger partial charge < -0.3 is 0 Å². The maximum absolute atomic E-state index is 13.6. The molecule has 0 amide bonds. The number of fused-ring (bicyclic) bond motifs is 1. The Hall–Kier alpha value is -2.69. The highest BCUT2D eigenvalue weighted by atomic mass is 32.2. The van der Waals surface area contributed by atoms with E-state index in [1.807, 2.05) is 73.7 Å². The topological polar surface area (TPSA) is 37.4 Å². The standard InChI is InChI=1S/C23H21NO2S/c1-3-22-20-11-7-8-12-21(20)23(18-9-5-4-6-10-18)24(22)27(25,26)19-15-13-17(2)14-16-19/h3-16,22-23H,1H2,2H3/t22-,23+/m0/s1. The Labute approximate surface area is 160 Å². The van der Waals surface area contributed by atoms with Gasteiger partial charge in [0.05, 0.1) is 17.0 Å². The van der Waals surface area contributed by atoms with Gasteiger partial charge >= 0.3 is 0 Å². The number of rotatable bonds is 4. The van der Waals surface area contributed by atoms with Gasteiger partial charge in [0.15, 0.2) is 0 Å². The normalized spacial score (nSPS) is 19.6. The smallest absolute Gasteiger partial charge is 0.207 e. The SMILES string of the molecule is C=C[C@H]1c2ccccc2[C@@H](c2ccccc2)N1S(=O)(=O)c1ccc(C)cc1. The molecule has 0 bridgehead atoms. The Balaban J connectivity index is 1.94. The Morgan fingerprint density at radius 1 is 0.852 bits per heavy atom. The maximum atomic E-state index is 13.6. The second-order valence-corrected chi connectivity index (χ2v) is 8.61. The van der Waals surface area contributed by atoms with Crippen LogP contribution in [0.15, 0.2) is 96.4 Å². The first-order valence-corrected chi connectivity index (χ1v) is 10.3. The summed E-state index contributed by atoms with van der Waals surface area (Å²) in [5.74, 6) is 0. The van der Waals surface area contributed by atoms with E-state index in [1.165, 1.54) is 0 Å². The fraction of sp³-hybridized carbons (Fsp3) is 0.130. The molecule has 0 aromatic heterocycles. The van der Waals surface area contributed by atoms with Gasteiger partial charge in [-0.3, -0.25) is 0 Å². The van der Waals surface area contributed by atoms with Crippen molar-refractivity contribution in [3.63, 3.8) is 0 Å². The molecule has 0 N–H and O–H groups in total. The van der Waals surface area contributed by atoms with Gasteiger partial charge in [-0.25, -0.2) is 8.42 Å². The van der Waals surface area contributed by atoms with Crippen molar-refractivity contribution >= 4 is 10.0 Å². The van der Waals surface area contributed by atoms with Crippen LogP contribution in [-0.2, 0) is 10.0 Å². The first-order chi connectivity index (χ1) is 13.0. The summed E-state index contributed by atoms with van der Waals surface area (Å²) in [6, 6.07) is 23.9. The lowest BCUT2D eigenvalue weighted by Crippen LogP contribution is -2.33. The predicted molar refractivity (Wildman–Crippen MR) is 108 cm³/mol. The van der Waals surface area contributed by atoms with Crippen LogP contribution in [-0.4, -0.2) is 12.7 Å². The molecule has 4 heteroatoms. The van der Waals surface area contributed by atoms with E-state index in [2.05, 4.69) is 6.58 Å². The summed E-state index contributed by atoms with van der Waals surface area (Å²) in [7, 11) is -3.72. The van der Waals surface area contributed by atoms with Crippen LogP contribution >= 0.6 is 0 Å². The molecule has 136 valence electrons. The molecule has 0 radical (unpaired) electrons. The van der Waals surface area contributed by atoms with E-state index in [1.54, 1.807) is 22.5 Å². The number of hydrogen-bond donors (Lipinski definition) is 0. The zero-order chi connectivity index (χ0) is 19.0. The summed E-state index contributed by atoms with van der Waals surface area (Å²) in [5.41, 5.74) is 3.96. The zero-order valence-electron chi connectivity index (χ0n) is 15.1. The second-order valence-electron chi connectivity index (χ2n) is 6.77. The third kappa shape index (κ3) is 2.91. The molecule has 4 rings (SSSR count). The molecule has 2 atom stereocenters. The van der Waals surface area contributed by atoms with Gasteiger partial charge in [-0.1, -0.05) is 78.4 Å². The van der Waals surface area contributed by atoms with Crippen LogP contribution in [0.3, 0.4) is 0 Å². The van der Waals surface area contributed by atoms with Crippen LogP contribution in [0.4, 0.5) is 0 Å². The molecular formula is C23H21NO2S. The van der Waals surface area contributed by atoms with E-state index in [0.29, 0.717) is 4.90 Å². The van der Waals surface area contributed by atoms with E-state index in [-0.39, 0.29) is 6.04 Å². The molecule has 27 heavy (non-hydrogen) atoms. The molecule has 3 aromatic carbocycles. The number of benzene rings is 3. The summed E-state index contributed by atoms with van der Waals surface area (Å²) < 4.78 is 28.9. The minimum atomic E-state index is -3.72. The van der Waals surface area contributed by atoms with Gasteiger partial charge in [0.1, 0.15) is 0 Å². The van der Waals surface area contributed by atoms with Crippen LogP contribution in [0.25, 0.3) is 0 Å². The lowest BCUT2D eigenvalue weighted by atomic mass is 9.97. The predicted octanol–water partition coefficient (Wildman–Crippen LogP) is 5.02. The Bertz CT molecular complexity index is 1070. The van der Waals surface area contributed by atoms with Crippen molar-refractivity contribution in [1.29, 1.82) is 0 Å². The Morgan fingerprint density at radius 3 is 2.07 bits per heavy atom. The molecule has 1 aliphatic heterocycles. The van der Waals surface area contributed by atoms with Crippen molar-refractivity contribution in [2.45, 2.75) is 23.9 Å². The largest absolute Gasteiger partial charge is 0.244 e. The van der Waals surface area contributed by atoms with E-state index in [4.69, 9.17) is 0 Å². The van der Waals surface area contributed by atoms with Crippen LogP contribution in [0, 0.1) is 6.92 Å². The van der Waals surface area contributed by atoms with Crippen molar-refractivity contribution in [3.05, 3.63) is 114 Å². The molecule has 1 heterocycles. The Kier molecular flexibility index (Phi) is 4.46. The first kappa shape index (κ1) is 17.7. The molecule has 0 saturated carbocycles. The third-order valence-electron chi connectivity index (χ3n) is 5.07. The quantitative estimate of drug-likeness (QED) is 0.601. The fourth-order valence-corrected chi connectivity index (χ4v) is 5.51. The minimum absolute atomic E-state index is 0.300. The van der Waals surface area contributed by atoms with Gasteiger partial charge in [-0.2, -0.15) is 4.31 Å². The molecule has 1 aliphatic rings. The summed E-state index contributed by atoms with van der Waals surface area (Å²) in [6.07, 6.45) is 1.72. The molecular weight excluding hydrogens is 354 g/mol. The van der Waals surface area contributed by atoms with E-state index < -0.39 is 16.1 Å². The molecule has 0 spiro atoms. The van der Waals surface area contributed by atoms with Crippen molar-refractivity contribution in [2.24, 2.45) is 0 Å². The molecule has 0 aliphatic carbocycles. The second kappa shape index (κ2) is 6.80. The monoisotopic (exact) mass is 375 g/mol. The summed E-state index contributed by atoms with van der Waals surface area (Å²) in [4.78, 5) is 0.300. The van der Waals surface area contributed by atoms with Crippen LogP contribution in [0.5, 0.6) is 0 Å². The van der Waals surface area contributed by atoms with Gasteiger partial charge in [-0.05, 0) is 35.7 Å². The summed E-state index contributed by atoms with van der Waals surface area (Å²) in [6.45, 7) is 5.88. The van der Waals surface area contributed by atoms with Crippen LogP contribution in [0.2, 0.25) is 0 Å². The summed E-state index contributed by atoms with van der Waals surface area (Å²) >= 11 is 0. The summed E-state index contributed by atoms with van der Waals surface area (Å²) in [5, 5.41) is 0. The van der Waals surface area contributed by atoms with Gasteiger partial charge in [0, 0.05) is 0 Å². The average Bonchev–Trinajstić information content (AvgIpc) is 3.04. The fourth-order valence-electron chi connectivity index (χ4n) is 3.78. The lowest BCUT2D eigenvalue weighted by molar-refractivity contribution is 0.354. The molecule has 3 aromatic rings. The van der Waals surface area contributed by atoms with Crippen molar-refractivity contribution in [2.75, 3.05) is 0 Å². The van der Waals surface area contributed by atoms with Crippen LogP contribution < -0.4 is 0 Å². The highest BCUT2D eigenvalue weighted by Gasteiger charge is 2.45. The van der Waals surface area contributed by atoms with Crippen molar-refractivity contribution in [1.82, 2.24) is 4.31 Å². The molecule has 0 fully saturated rings. The number of nitrogens with zero attached hydrogens (tertiary/aromatic N) is 1. The van der Waals surface area contributed by atoms with Gasteiger partial charge in [-0.15, -0.1) is 6.58 Å². The van der Waals surface area contributed by atoms with E-state index in [9.17, 15) is 8.42 Å². The van der Waals surface area contributed by atoms with Gasteiger partial charge in [0.2, 0.25) is 10.0 Å². The van der Waals surface area contributed by atoms with Gasteiger partial charge in [0.25, 0.3) is 0 Å². The highest BCUT2D eigenvalue weighted by molar-refractivity contribution is 7.89. The molecule has 0 saturated heterocycles. The first-order valence-electron chi connectivity index (χ1n) is 8.90. The molecule has 0 unspecified atom stereocenters. The highest BCUT2D eigenvalue weighted by Crippen LogP contribution is 2.48. The van der Waals surface area contributed by atoms with E-state index >= 15 is 0 Å². The number of aryl methyl sites for hydroxylation is 1. The van der Waals surface area contributed by atoms with E-state index in [0.717, 1.165) is 22.3 Å². The van der Waals surface area contributed by atoms with Crippen molar-refractivity contribution < 1.29 is 8.42 Å². The number of sulfonamides is 1. The lowest BCUT2D eigenvalue weighted by Gasteiger charge is -2.29. The maximum Gasteiger partial charge on any atom is 0.244 e. The number of hydrogen-bond acceptors (Lipinski definition) is 2. The Morgan fingerprint density at radius 2 is 1.44 bits per heavy atom. The zero-order valence-corrected chi connectivity index (χ0v) is 15.9. The average molecular weight is 375 g/mol. The minimum Gasteiger partial charge on any atom is -0.207 e.